The van der Waals surface area contributed by atoms with Gasteiger partial charge >= 0.3 is 0 Å². The summed E-state index contributed by atoms with van der Waals surface area (Å²) in [5.41, 5.74) is 0. The van der Waals surface area contributed by atoms with Gasteiger partial charge in [-0.15, -0.1) is 24.0 Å². The molecule has 0 aromatic carbocycles. The molecule has 0 saturated carbocycles. The topological polar surface area (TPSA) is 58.1 Å². The third kappa shape index (κ3) is 10.0. The van der Waals surface area contributed by atoms with Crippen LogP contribution in [0.25, 0.3) is 0 Å². The van der Waals surface area contributed by atoms with E-state index in [1.54, 1.807) is 0 Å². The second-order valence-electron chi connectivity index (χ2n) is 6.61. The molecule has 1 fully saturated rings. The molecule has 144 valence electrons. The van der Waals surface area contributed by atoms with Gasteiger partial charge in [0.15, 0.2) is 5.96 Å². The molecule has 1 aliphatic rings. The van der Waals surface area contributed by atoms with Crippen LogP contribution < -0.4 is 10.6 Å². The van der Waals surface area contributed by atoms with E-state index >= 15 is 0 Å². The number of morpholine rings is 1. The van der Waals surface area contributed by atoms with Crippen LogP contribution >= 0.6 is 24.0 Å². The number of guanidine groups is 1. The van der Waals surface area contributed by atoms with Crippen LogP contribution in [0.4, 0.5) is 0 Å². The minimum atomic E-state index is 0. The number of ether oxygens (including phenoxy) is 2. The zero-order valence-electron chi connectivity index (χ0n) is 16.0. The van der Waals surface area contributed by atoms with Gasteiger partial charge in [-0.25, -0.2) is 0 Å². The van der Waals surface area contributed by atoms with Crippen molar-refractivity contribution in [2.45, 2.75) is 46.3 Å². The molecule has 0 bridgehead atoms. The molecule has 0 radical (unpaired) electrons. The van der Waals surface area contributed by atoms with Gasteiger partial charge in [0.1, 0.15) is 0 Å². The maximum Gasteiger partial charge on any atom is 0.191 e. The standard InChI is InChI=1S/C17H36N4O2.HI/c1-14(2)16(21-8-11-22-12-9-21)13-20-17(18-5)19-7-6-10-23-15(3)4;/h14-16H,6-13H2,1-5H3,(H2,18,19,20);1H. The second kappa shape index (κ2) is 14.1. The summed E-state index contributed by atoms with van der Waals surface area (Å²) in [6.07, 6.45) is 1.28. The van der Waals surface area contributed by atoms with E-state index in [4.69, 9.17) is 9.47 Å². The van der Waals surface area contributed by atoms with E-state index in [9.17, 15) is 0 Å². The van der Waals surface area contributed by atoms with Gasteiger partial charge in [-0.1, -0.05) is 13.8 Å². The first-order chi connectivity index (χ1) is 11.0. The average Bonchev–Trinajstić information content (AvgIpc) is 2.53. The highest BCUT2D eigenvalue weighted by molar-refractivity contribution is 14.0. The molecule has 24 heavy (non-hydrogen) atoms. The maximum absolute atomic E-state index is 5.55. The van der Waals surface area contributed by atoms with Gasteiger partial charge in [0.05, 0.1) is 19.3 Å². The van der Waals surface area contributed by atoms with Gasteiger partial charge in [0.2, 0.25) is 0 Å². The van der Waals surface area contributed by atoms with E-state index in [0.717, 1.165) is 58.4 Å². The van der Waals surface area contributed by atoms with Crippen molar-refractivity contribution in [1.29, 1.82) is 0 Å². The molecule has 6 nitrogen and oxygen atoms in total. The minimum Gasteiger partial charge on any atom is -0.379 e. The van der Waals surface area contributed by atoms with Crippen LogP contribution in [-0.2, 0) is 9.47 Å². The number of halogens is 1. The predicted molar refractivity (Wildman–Crippen MR) is 112 cm³/mol. The zero-order chi connectivity index (χ0) is 17.1. The van der Waals surface area contributed by atoms with E-state index in [2.05, 4.69) is 48.2 Å². The number of hydrogen-bond donors (Lipinski definition) is 2. The van der Waals surface area contributed by atoms with Crippen LogP contribution in [0, 0.1) is 5.92 Å². The Morgan fingerprint density at radius 2 is 1.83 bits per heavy atom. The van der Waals surface area contributed by atoms with Gasteiger partial charge in [0.25, 0.3) is 0 Å². The molecule has 0 amide bonds. The molecule has 1 atom stereocenters. The molecule has 1 rings (SSSR count). The Kier molecular flexibility index (Phi) is 14.0. The molecular weight excluding hydrogens is 419 g/mol. The van der Waals surface area contributed by atoms with E-state index in [1.165, 1.54) is 0 Å². The van der Waals surface area contributed by atoms with Crippen LogP contribution in [0.1, 0.15) is 34.1 Å². The lowest BCUT2D eigenvalue weighted by Crippen LogP contribution is -2.52. The summed E-state index contributed by atoms with van der Waals surface area (Å²) in [5.74, 6) is 1.46. The maximum atomic E-state index is 5.55. The van der Waals surface area contributed by atoms with E-state index in [-0.39, 0.29) is 24.0 Å². The summed E-state index contributed by atoms with van der Waals surface area (Å²) in [4.78, 5) is 6.83. The first-order valence-corrected chi connectivity index (χ1v) is 8.92. The quantitative estimate of drug-likeness (QED) is 0.241. The average molecular weight is 456 g/mol. The summed E-state index contributed by atoms with van der Waals surface area (Å²) in [7, 11) is 1.82. The summed E-state index contributed by atoms with van der Waals surface area (Å²) in [6.45, 7) is 14.9. The van der Waals surface area contributed by atoms with Crippen LogP contribution in [0.3, 0.4) is 0 Å². The molecule has 1 saturated heterocycles. The Hall–Kier alpha value is -0.120. The molecular formula is C17H37IN4O2. The minimum absolute atomic E-state index is 0. The van der Waals surface area contributed by atoms with Crippen LogP contribution in [0.15, 0.2) is 4.99 Å². The fourth-order valence-electron chi connectivity index (χ4n) is 2.72. The van der Waals surface area contributed by atoms with Gasteiger partial charge in [-0.05, 0) is 26.2 Å². The predicted octanol–water partition coefficient (Wildman–Crippen LogP) is 1.94. The fourth-order valence-corrected chi connectivity index (χ4v) is 2.72. The Morgan fingerprint density at radius 1 is 1.17 bits per heavy atom. The van der Waals surface area contributed by atoms with E-state index in [1.807, 2.05) is 7.05 Å². The monoisotopic (exact) mass is 456 g/mol. The molecule has 0 aromatic heterocycles. The van der Waals surface area contributed by atoms with Crippen molar-refractivity contribution in [2.75, 3.05) is 53.0 Å². The molecule has 1 heterocycles. The van der Waals surface area contributed by atoms with Crippen LogP contribution in [-0.4, -0.2) is 76.1 Å². The first-order valence-electron chi connectivity index (χ1n) is 8.92. The lowest BCUT2D eigenvalue weighted by molar-refractivity contribution is 0.00752. The van der Waals surface area contributed by atoms with Crippen molar-refractivity contribution in [2.24, 2.45) is 10.9 Å². The van der Waals surface area contributed by atoms with Crippen molar-refractivity contribution in [1.82, 2.24) is 15.5 Å². The number of nitrogens with zero attached hydrogens (tertiary/aromatic N) is 2. The van der Waals surface area contributed by atoms with Gasteiger partial charge in [0, 0.05) is 45.9 Å². The molecule has 0 spiro atoms. The Labute approximate surface area is 165 Å². The molecule has 7 heteroatoms. The van der Waals surface area contributed by atoms with Gasteiger partial charge in [-0.3, -0.25) is 9.89 Å². The lowest BCUT2D eigenvalue weighted by Gasteiger charge is -2.37. The third-order valence-electron chi connectivity index (χ3n) is 4.05. The number of aliphatic imine (C=N–C) groups is 1. The SMILES string of the molecule is CN=C(NCCCOC(C)C)NCC(C(C)C)N1CCOCC1.I. The molecule has 0 aliphatic carbocycles. The Bertz CT molecular complexity index is 335. The van der Waals surface area contributed by atoms with Crippen molar-refractivity contribution < 1.29 is 9.47 Å². The van der Waals surface area contributed by atoms with Crippen molar-refractivity contribution >= 4 is 29.9 Å². The summed E-state index contributed by atoms with van der Waals surface area (Å²) in [5, 5.41) is 6.82. The zero-order valence-corrected chi connectivity index (χ0v) is 18.3. The van der Waals surface area contributed by atoms with Crippen molar-refractivity contribution in [3.63, 3.8) is 0 Å². The highest BCUT2D eigenvalue weighted by Crippen LogP contribution is 2.12. The molecule has 0 aromatic rings. The van der Waals surface area contributed by atoms with Crippen LogP contribution in [0.5, 0.6) is 0 Å². The Balaban J connectivity index is 0.00000529. The molecule has 1 aliphatic heterocycles. The highest BCUT2D eigenvalue weighted by Gasteiger charge is 2.23. The van der Waals surface area contributed by atoms with Crippen molar-refractivity contribution in [3.8, 4) is 0 Å². The van der Waals surface area contributed by atoms with E-state index < -0.39 is 0 Å². The normalized spacial score (nSPS) is 17.7. The third-order valence-corrected chi connectivity index (χ3v) is 4.05. The number of hydrogen-bond acceptors (Lipinski definition) is 4. The number of rotatable bonds is 9. The fraction of sp³-hybridized carbons (Fsp3) is 0.941. The summed E-state index contributed by atoms with van der Waals surface area (Å²) >= 11 is 0. The largest absolute Gasteiger partial charge is 0.379 e. The Morgan fingerprint density at radius 3 is 2.38 bits per heavy atom. The van der Waals surface area contributed by atoms with Crippen molar-refractivity contribution in [3.05, 3.63) is 0 Å². The van der Waals surface area contributed by atoms with Gasteiger partial charge in [-0.2, -0.15) is 0 Å². The van der Waals surface area contributed by atoms with Crippen LogP contribution in [0.2, 0.25) is 0 Å². The summed E-state index contributed by atoms with van der Waals surface area (Å²) < 4.78 is 11.0. The highest BCUT2D eigenvalue weighted by atomic mass is 127. The first kappa shape index (κ1) is 23.9. The smallest absolute Gasteiger partial charge is 0.191 e. The summed E-state index contributed by atoms with van der Waals surface area (Å²) in [6, 6.07) is 0.502. The van der Waals surface area contributed by atoms with E-state index in [0.29, 0.717) is 18.1 Å². The lowest BCUT2D eigenvalue weighted by atomic mass is 10.0. The molecule has 2 N–H and O–H groups in total. The number of nitrogens with one attached hydrogen (secondary N) is 2. The molecule has 1 unspecified atom stereocenters. The van der Waals surface area contributed by atoms with Gasteiger partial charge < -0.3 is 20.1 Å². The second-order valence-corrected chi connectivity index (χ2v) is 6.61.